The van der Waals surface area contributed by atoms with E-state index in [1.807, 2.05) is 46.8 Å². The number of β-amino-alcohol motifs (C(OH)–C–C–N with tert-alkyl or cyclic N) is 1. The maximum Gasteiger partial charge on any atom is 0.249 e. The summed E-state index contributed by atoms with van der Waals surface area (Å²) in [4.78, 5) is 47.2. The van der Waals surface area contributed by atoms with Crippen LogP contribution in [0.15, 0.2) is 58.2 Å². The number of ether oxygens (including phenoxy) is 2. The number of allylic oxidation sites excluding steroid dienone is 7. The molecule has 4 unspecified atom stereocenters. The van der Waals surface area contributed by atoms with Gasteiger partial charge in [-0.1, -0.05) is 47.1 Å². The van der Waals surface area contributed by atoms with Gasteiger partial charge in [-0.05, 0) is 87.5 Å². The molecule has 3 fully saturated rings. The van der Waals surface area contributed by atoms with E-state index in [1.54, 1.807) is 24.0 Å². The van der Waals surface area contributed by atoms with Crippen molar-refractivity contribution in [1.29, 1.82) is 0 Å². The number of Topliss-reactive ketones (excluding diaryl/α,β-unsaturated/α-hetero) is 2. The monoisotopic (exact) mass is 742 g/mol. The first-order chi connectivity index (χ1) is 25.5. The zero-order chi connectivity index (χ0) is 39.3. The summed E-state index contributed by atoms with van der Waals surface area (Å²) in [5.74, 6) is -2.12. The van der Waals surface area contributed by atoms with Crippen LogP contribution in [0.25, 0.3) is 0 Å². The number of aliphatic hydroxyl groups excluding tert-OH is 1. The van der Waals surface area contributed by atoms with Crippen molar-refractivity contribution in [2.24, 2.45) is 11.8 Å². The highest BCUT2D eigenvalue weighted by Crippen LogP contribution is 2.68. The van der Waals surface area contributed by atoms with Crippen LogP contribution < -0.4 is 4.74 Å². The Labute approximate surface area is 319 Å². The lowest BCUT2D eigenvalue weighted by atomic mass is 9.51. The SMILES string of the molecule is CC(C)=CCC/C(C)=C/Cc1c(O)c(CC=C(C)C)c2c(c1O)C(=O)C1=CC3CC4C(C)(C)OC(C/C=C(/C)C(=O)N5CCN(CCO)CC5)(C3=O)C14O2. The number of phenols is 2. The predicted octanol–water partition coefficient (Wildman–Crippen LogP) is 6.32. The number of piperazine rings is 1. The number of aromatic hydroxyl groups is 2. The van der Waals surface area contributed by atoms with Gasteiger partial charge in [0.25, 0.3) is 0 Å². The van der Waals surface area contributed by atoms with E-state index in [-0.39, 0.29) is 65.9 Å². The van der Waals surface area contributed by atoms with E-state index in [9.17, 15) is 29.7 Å². The molecule has 6 aliphatic rings. The quantitative estimate of drug-likeness (QED) is 0.166. The van der Waals surface area contributed by atoms with Gasteiger partial charge in [-0.3, -0.25) is 19.3 Å². The van der Waals surface area contributed by atoms with Gasteiger partial charge in [0.1, 0.15) is 22.8 Å². The summed E-state index contributed by atoms with van der Waals surface area (Å²) < 4.78 is 14.0. The molecule has 4 atom stereocenters. The number of fused-ring (bicyclic) bond motifs is 1. The van der Waals surface area contributed by atoms with E-state index in [0.29, 0.717) is 55.9 Å². The second-order valence-corrected chi connectivity index (χ2v) is 16.9. The van der Waals surface area contributed by atoms with Crippen LogP contribution in [-0.2, 0) is 27.2 Å². The van der Waals surface area contributed by atoms with Crippen LogP contribution >= 0.6 is 0 Å². The number of amides is 1. The van der Waals surface area contributed by atoms with Crippen molar-refractivity contribution in [2.75, 3.05) is 39.3 Å². The van der Waals surface area contributed by atoms with Gasteiger partial charge in [0.15, 0.2) is 22.8 Å². The molecular formula is C44H58N2O8. The van der Waals surface area contributed by atoms with E-state index in [1.165, 1.54) is 5.57 Å². The molecule has 1 amide bonds. The first-order valence-electron chi connectivity index (χ1n) is 19.5. The van der Waals surface area contributed by atoms with Crippen molar-refractivity contribution in [3.63, 3.8) is 0 Å². The van der Waals surface area contributed by atoms with Crippen LogP contribution in [-0.4, -0.2) is 98.7 Å². The molecule has 10 heteroatoms. The lowest BCUT2D eigenvalue weighted by molar-refractivity contribution is -0.171. The minimum atomic E-state index is -1.62. The highest BCUT2D eigenvalue weighted by atomic mass is 16.6. The summed E-state index contributed by atoms with van der Waals surface area (Å²) in [6, 6.07) is 0. The number of carbonyl (C=O) groups is 3. The molecule has 1 aromatic rings. The smallest absolute Gasteiger partial charge is 0.249 e. The molecule has 1 saturated carbocycles. The van der Waals surface area contributed by atoms with Gasteiger partial charge in [-0.25, -0.2) is 0 Å². The van der Waals surface area contributed by atoms with Gasteiger partial charge in [-0.2, -0.15) is 0 Å². The second kappa shape index (κ2) is 14.9. The van der Waals surface area contributed by atoms with Crippen LogP contribution in [0, 0.1) is 11.8 Å². The summed E-state index contributed by atoms with van der Waals surface area (Å²) >= 11 is 0. The molecule has 2 saturated heterocycles. The molecule has 1 aromatic carbocycles. The largest absolute Gasteiger partial charge is 0.507 e. The Hall–Kier alpha value is -3.99. The number of phenolic OH excluding ortho intramolecular Hbond substituents is 2. The van der Waals surface area contributed by atoms with Gasteiger partial charge >= 0.3 is 0 Å². The summed E-state index contributed by atoms with van der Waals surface area (Å²) in [7, 11) is 0. The number of rotatable bonds is 12. The maximum atomic E-state index is 15.0. The summed E-state index contributed by atoms with van der Waals surface area (Å²) in [6.07, 6.45) is 12.2. The van der Waals surface area contributed by atoms with Gasteiger partial charge in [0.05, 0.1) is 12.2 Å². The van der Waals surface area contributed by atoms with Crippen LogP contribution in [0.1, 0.15) is 103 Å². The zero-order valence-corrected chi connectivity index (χ0v) is 33.3. The minimum absolute atomic E-state index is 0.00187. The van der Waals surface area contributed by atoms with E-state index < -0.39 is 34.4 Å². The Kier molecular flexibility index (Phi) is 11.0. The molecule has 4 bridgehead atoms. The van der Waals surface area contributed by atoms with Crippen molar-refractivity contribution in [2.45, 2.75) is 111 Å². The topological polar surface area (TPSA) is 137 Å². The first-order valence-corrected chi connectivity index (χ1v) is 19.5. The summed E-state index contributed by atoms with van der Waals surface area (Å²) in [5, 5.41) is 33.1. The molecule has 3 heterocycles. The van der Waals surface area contributed by atoms with E-state index in [2.05, 4.69) is 24.8 Å². The number of carbonyl (C=O) groups excluding carboxylic acids is 3. The molecular weight excluding hydrogens is 684 g/mol. The number of benzene rings is 1. The van der Waals surface area contributed by atoms with Crippen molar-refractivity contribution < 1.29 is 39.2 Å². The Bertz CT molecular complexity index is 1880. The van der Waals surface area contributed by atoms with Gasteiger partial charge in [-0.15, -0.1) is 0 Å². The van der Waals surface area contributed by atoms with E-state index in [4.69, 9.17) is 9.47 Å². The third-order valence-electron chi connectivity index (χ3n) is 12.3. The molecule has 0 aromatic heterocycles. The Morgan fingerprint density at radius 3 is 2.22 bits per heavy atom. The third-order valence-corrected chi connectivity index (χ3v) is 12.3. The molecule has 1 spiro atoms. The van der Waals surface area contributed by atoms with Crippen molar-refractivity contribution >= 4 is 17.5 Å². The fraction of sp³-hybridized carbons (Fsp3) is 0.568. The van der Waals surface area contributed by atoms with Crippen LogP contribution in [0.4, 0.5) is 0 Å². The number of hydrogen-bond acceptors (Lipinski definition) is 9. The number of aliphatic hydroxyl groups is 1. The fourth-order valence-electron chi connectivity index (χ4n) is 9.37. The minimum Gasteiger partial charge on any atom is -0.507 e. The van der Waals surface area contributed by atoms with Crippen LogP contribution in [0.3, 0.4) is 0 Å². The molecule has 3 aliphatic carbocycles. The van der Waals surface area contributed by atoms with Crippen LogP contribution in [0.2, 0.25) is 0 Å². The fourth-order valence-corrected chi connectivity index (χ4v) is 9.37. The second-order valence-electron chi connectivity index (χ2n) is 16.9. The standard InChI is InChI=1S/C44H58N2O8/c1-26(2)10-9-11-28(5)13-15-31-36(48)32(14-12-27(3)4)39-35(37(31)49)38(50)33-24-30-25-34-42(7,8)54-43(40(30)51,44(33,34)53-39)17-16-29(6)41(52)46-20-18-45(19-21-46)22-23-47/h10,12-13,16,24,30,34,47-49H,9,11,14-15,17-23,25H2,1-8H3/b28-13+,29-16-. The molecule has 3 N–H and O–H groups in total. The molecule has 3 aliphatic heterocycles. The zero-order valence-electron chi connectivity index (χ0n) is 33.3. The summed E-state index contributed by atoms with van der Waals surface area (Å²) in [5.41, 5.74) is 0.727. The first kappa shape index (κ1) is 39.7. The summed E-state index contributed by atoms with van der Waals surface area (Å²) in [6.45, 7) is 18.7. The Balaban J connectivity index is 1.43. The lowest BCUT2D eigenvalue weighted by Crippen LogP contribution is -2.72. The number of hydrogen-bond donors (Lipinski definition) is 3. The third kappa shape index (κ3) is 6.58. The predicted molar refractivity (Wildman–Crippen MR) is 208 cm³/mol. The average molecular weight is 743 g/mol. The molecule has 10 nitrogen and oxygen atoms in total. The van der Waals surface area contributed by atoms with Gasteiger partial charge in [0, 0.05) is 73.3 Å². The number of ketones is 2. The normalized spacial score (nSPS) is 27.3. The van der Waals surface area contributed by atoms with Crippen molar-refractivity contribution in [1.82, 2.24) is 9.80 Å². The van der Waals surface area contributed by atoms with Crippen LogP contribution in [0.5, 0.6) is 17.2 Å². The average Bonchev–Trinajstić information content (AvgIpc) is 3.27. The highest BCUT2D eigenvalue weighted by molar-refractivity contribution is 6.18. The van der Waals surface area contributed by atoms with Crippen molar-refractivity contribution in [3.8, 4) is 17.2 Å². The van der Waals surface area contributed by atoms with Crippen molar-refractivity contribution in [3.05, 3.63) is 74.9 Å². The lowest BCUT2D eigenvalue weighted by Gasteiger charge is -2.56. The Morgan fingerprint density at radius 2 is 1.57 bits per heavy atom. The Morgan fingerprint density at radius 1 is 0.907 bits per heavy atom. The highest BCUT2D eigenvalue weighted by Gasteiger charge is 2.81. The maximum absolute atomic E-state index is 15.0. The van der Waals surface area contributed by atoms with Gasteiger partial charge < -0.3 is 29.7 Å². The van der Waals surface area contributed by atoms with E-state index >= 15 is 0 Å². The molecule has 7 rings (SSSR count). The van der Waals surface area contributed by atoms with Gasteiger partial charge in [0.2, 0.25) is 5.91 Å². The molecule has 292 valence electrons. The molecule has 54 heavy (non-hydrogen) atoms. The number of nitrogens with zero attached hydrogens (tertiary/aromatic N) is 2. The molecule has 0 radical (unpaired) electrons. The van der Waals surface area contributed by atoms with E-state index in [0.717, 1.165) is 24.0 Å².